The summed E-state index contributed by atoms with van der Waals surface area (Å²) >= 11 is 0. The van der Waals surface area contributed by atoms with Crippen molar-refractivity contribution in [3.05, 3.63) is 24.1 Å². The van der Waals surface area contributed by atoms with Gasteiger partial charge in [-0.1, -0.05) is 26.8 Å². The predicted molar refractivity (Wildman–Crippen MR) is 41.3 cm³/mol. The van der Waals surface area contributed by atoms with E-state index in [2.05, 4.69) is 20.8 Å². The van der Waals surface area contributed by atoms with Crippen LogP contribution in [0, 0.1) is 11.3 Å². The molecule has 1 aliphatic rings. The Bertz CT molecular complexity index is 181. The second-order valence-corrected chi connectivity index (χ2v) is 3.80. The average Bonchev–Trinajstić information content (AvgIpc) is 2.11. The lowest BCUT2D eigenvalue weighted by Crippen LogP contribution is -2.14. The molecular weight excluding hydrogens is 127 g/mol. The maximum atomic E-state index is 12.5. The summed E-state index contributed by atoms with van der Waals surface area (Å²) in [6.45, 7) is 6.32. The molecule has 0 saturated carbocycles. The number of halogens is 1. The third kappa shape index (κ3) is 1.47. The van der Waals surface area contributed by atoms with E-state index in [0.29, 0.717) is 0 Å². The van der Waals surface area contributed by atoms with Gasteiger partial charge >= 0.3 is 0 Å². The van der Waals surface area contributed by atoms with Crippen LogP contribution in [-0.2, 0) is 0 Å². The van der Waals surface area contributed by atoms with Crippen LogP contribution in [0.15, 0.2) is 24.1 Å². The highest BCUT2D eigenvalue weighted by Gasteiger charge is 2.23. The zero-order valence-electron chi connectivity index (χ0n) is 6.69. The van der Waals surface area contributed by atoms with E-state index in [-0.39, 0.29) is 17.2 Å². The van der Waals surface area contributed by atoms with Gasteiger partial charge in [0, 0.05) is 5.92 Å². The Morgan fingerprint density at radius 3 is 2.20 bits per heavy atom. The molecule has 56 valence electrons. The molecular formula is C9H13F. The molecule has 0 aromatic heterocycles. The molecule has 1 unspecified atom stereocenters. The fourth-order valence-corrected chi connectivity index (χ4v) is 1.02. The molecule has 1 atom stereocenters. The van der Waals surface area contributed by atoms with E-state index in [0.717, 1.165) is 0 Å². The molecule has 0 radical (unpaired) electrons. The van der Waals surface area contributed by atoms with E-state index >= 15 is 0 Å². The van der Waals surface area contributed by atoms with Gasteiger partial charge in [-0.05, 0) is 17.6 Å². The second kappa shape index (κ2) is 2.22. The Hall–Kier alpha value is -0.590. The molecule has 0 fully saturated rings. The quantitative estimate of drug-likeness (QED) is 0.485. The highest BCUT2D eigenvalue weighted by Crippen LogP contribution is 2.32. The second-order valence-electron chi connectivity index (χ2n) is 3.80. The topological polar surface area (TPSA) is 0 Å². The maximum Gasteiger partial charge on any atom is 0.119 e. The lowest BCUT2D eigenvalue weighted by molar-refractivity contribution is 0.344. The van der Waals surface area contributed by atoms with Gasteiger partial charge in [0.2, 0.25) is 0 Å². The number of hydrogen-bond acceptors (Lipinski definition) is 0. The Balaban J connectivity index is 2.72. The fourth-order valence-electron chi connectivity index (χ4n) is 1.02. The maximum absolute atomic E-state index is 12.5. The van der Waals surface area contributed by atoms with Gasteiger partial charge in [0.1, 0.15) is 5.83 Å². The van der Waals surface area contributed by atoms with Crippen LogP contribution >= 0.6 is 0 Å². The average molecular weight is 140 g/mol. The zero-order chi connectivity index (χ0) is 7.78. The van der Waals surface area contributed by atoms with Gasteiger partial charge in [-0.25, -0.2) is 4.39 Å². The summed E-state index contributed by atoms with van der Waals surface area (Å²) < 4.78 is 12.5. The van der Waals surface area contributed by atoms with Crippen molar-refractivity contribution in [2.75, 3.05) is 0 Å². The van der Waals surface area contributed by atoms with Crippen molar-refractivity contribution >= 4 is 0 Å². The molecule has 0 aliphatic heterocycles. The molecule has 10 heavy (non-hydrogen) atoms. The van der Waals surface area contributed by atoms with E-state index in [4.69, 9.17) is 0 Å². The van der Waals surface area contributed by atoms with Gasteiger partial charge in [0.15, 0.2) is 0 Å². The molecule has 0 bridgehead atoms. The van der Waals surface area contributed by atoms with Crippen LogP contribution in [0.5, 0.6) is 0 Å². The third-order valence-electron chi connectivity index (χ3n) is 1.80. The minimum absolute atomic E-state index is 0.0973. The van der Waals surface area contributed by atoms with Gasteiger partial charge in [0.25, 0.3) is 0 Å². The highest BCUT2D eigenvalue weighted by atomic mass is 19.1. The molecule has 1 aliphatic carbocycles. The monoisotopic (exact) mass is 140 g/mol. The van der Waals surface area contributed by atoms with Crippen LogP contribution in [0.3, 0.4) is 0 Å². The Morgan fingerprint density at radius 1 is 1.40 bits per heavy atom. The number of hydrogen-bond donors (Lipinski definition) is 0. The van der Waals surface area contributed by atoms with Gasteiger partial charge in [-0.2, -0.15) is 0 Å². The van der Waals surface area contributed by atoms with Crippen LogP contribution in [0.1, 0.15) is 20.8 Å². The van der Waals surface area contributed by atoms with Crippen molar-refractivity contribution in [3.8, 4) is 0 Å². The van der Waals surface area contributed by atoms with Crippen LogP contribution < -0.4 is 0 Å². The van der Waals surface area contributed by atoms with Crippen molar-refractivity contribution in [3.63, 3.8) is 0 Å². The van der Waals surface area contributed by atoms with E-state index in [1.54, 1.807) is 6.08 Å². The smallest absolute Gasteiger partial charge is 0.119 e. The molecule has 0 amide bonds. The number of allylic oxidation sites excluding steroid dienone is 4. The van der Waals surface area contributed by atoms with Crippen molar-refractivity contribution in [1.29, 1.82) is 0 Å². The Kier molecular flexibility index (Phi) is 1.67. The summed E-state index contributed by atoms with van der Waals surface area (Å²) in [6.07, 6.45) is 5.12. The molecule has 0 spiro atoms. The minimum Gasteiger partial charge on any atom is -0.207 e. The Labute approximate surface area is 61.4 Å². The molecule has 1 heteroatoms. The normalized spacial score (nSPS) is 25.2. The largest absolute Gasteiger partial charge is 0.207 e. The van der Waals surface area contributed by atoms with E-state index < -0.39 is 0 Å². The lowest BCUT2D eigenvalue weighted by Gasteiger charge is -2.22. The standard InChI is InChI=1S/C9H13F/c1-9(2,3)7-4-5-8(10)6-7/h4-7H,1-3H3. The zero-order valence-corrected chi connectivity index (χ0v) is 6.69. The van der Waals surface area contributed by atoms with E-state index in [1.807, 2.05) is 6.08 Å². The Morgan fingerprint density at radius 2 is 2.00 bits per heavy atom. The minimum atomic E-state index is -0.0973. The van der Waals surface area contributed by atoms with E-state index in [1.165, 1.54) is 6.08 Å². The summed E-state index contributed by atoms with van der Waals surface area (Å²) in [7, 11) is 0. The van der Waals surface area contributed by atoms with Crippen LogP contribution in [-0.4, -0.2) is 0 Å². The molecule has 0 saturated heterocycles. The van der Waals surface area contributed by atoms with Gasteiger partial charge in [0.05, 0.1) is 0 Å². The first-order valence-corrected chi connectivity index (χ1v) is 3.56. The summed E-state index contributed by atoms with van der Waals surface area (Å²) in [5.74, 6) is 0.174. The molecule has 0 aromatic rings. The first-order chi connectivity index (χ1) is 4.50. The molecule has 0 aromatic carbocycles. The summed E-state index contributed by atoms with van der Waals surface area (Å²) in [6, 6.07) is 0. The summed E-state index contributed by atoms with van der Waals surface area (Å²) in [5.41, 5.74) is 0.157. The van der Waals surface area contributed by atoms with Gasteiger partial charge < -0.3 is 0 Å². The van der Waals surface area contributed by atoms with Gasteiger partial charge in [-0.15, -0.1) is 0 Å². The fraction of sp³-hybridized carbons (Fsp3) is 0.556. The van der Waals surface area contributed by atoms with Crippen molar-refractivity contribution in [2.24, 2.45) is 11.3 Å². The van der Waals surface area contributed by atoms with E-state index in [9.17, 15) is 4.39 Å². The van der Waals surface area contributed by atoms with Crippen LogP contribution in [0.2, 0.25) is 0 Å². The van der Waals surface area contributed by atoms with Crippen molar-refractivity contribution in [2.45, 2.75) is 20.8 Å². The summed E-state index contributed by atoms with van der Waals surface area (Å²) in [4.78, 5) is 0. The van der Waals surface area contributed by atoms with Crippen molar-refractivity contribution < 1.29 is 4.39 Å². The van der Waals surface area contributed by atoms with Crippen LogP contribution in [0.4, 0.5) is 4.39 Å². The highest BCUT2D eigenvalue weighted by molar-refractivity contribution is 5.25. The third-order valence-corrected chi connectivity index (χ3v) is 1.80. The van der Waals surface area contributed by atoms with Crippen molar-refractivity contribution in [1.82, 2.24) is 0 Å². The first-order valence-electron chi connectivity index (χ1n) is 3.56. The van der Waals surface area contributed by atoms with Gasteiger partial charge in [-0.3, -0.25) is 0 Å². The lowest BCUT2D eigenvalue weighted by atomic mass is 9.82. The summed E-state index contributed by atoms with van der Waals surface area (Å²) in [5, 5.41) is 0. The number of rotatable bonds is 0. The van der Waals surface area contributed by atoms with Crippen LogP contribution in [0.25, 0.3) is 0 Å². The molecule has 0 N–H and O–H groups in total. The molecule has 0 nitrogen and oxygen atoms in total. The predicted octanol–water partition coefficient (Wildman–Crippen LogP) is 3.07. The SMILES string of the molecule is CC(C)(C)C1C=CC(F)=C1. The first kappa shape index (κ1) is 7.52. The molecule has 1 rings (SSSR count). The molecule has 0 heterocycles.